The van der Waals surface area contributed by atoms with Gasteiger partial charge >= 0.3 is 5.97 Å². The van der Waals surface area contributed by atoms with E-state index in [-0.39, 0.29) is 24.1 Å². The number of nitrogens with zero attached hydrogens (tertiary/aromatic N) is 1. The van der Waals surface area contributed by atoms with E-state index in [1.54, 1.807) is 30.2 Å². The standard InChI is InChI=1S/C24H27F2NO4/c1-30-21-6-5-16(14-22(21)31-18-3-2-4-18)17-12-19(25)24(20(26)13-17)27-9-7-15(8-10-27)11-23(28)29/h5-6,12-15,18H,2-4,7-11H2,1H3,(H,28,29). The number of hydrogen-bond donors (Lipinski definition) is 1. The van der Waals surface area contributed by atoms with Crippen LogP contribution in [0, 0.1) is 17.6 Å². The Morgan fingerprint density at radius 1 is 1.03 bits per heavy atom. The highest BCUT2D eigenvalue weighted by Crippen LogP contribution is 2.38. The van der Waals surface area contributed by atoms with Gasteiger partial charge < -0.3 is 19.5 Å². The Kier molecular flexibility index (Phi) is 6.30. The predicted octanol–water partition coefficient (Wildman–Crippen LogP) is 5.26. The summed E-state index contributed by atoms with van der Waals surface area (Å²) >= 11 is 0. The highest BCUT2D eigenvalue weighted by molar-refractivity contribution is 5.70. The lowest BCUT2D eigenvalue weighted by molar-refractivity contribution is -0.138. The van der Waals surface area contributed by atoms with Crippen LogP contribution >= 0.6 is 0 Å². The molecule has 2 aromatic rings. The van der Waals surface area contributed by atoms with E-state index >= 15 is 0 Å². The van der Waals surface area contributed by atoms with Gasteiger partial charge in [0.2, 0.25) is 0 Å². The van der Waals surface area contributed by atoms with Crippen LogP contribution in [-0.4, -0.2) is 37.4 Å². The van der Waals surface area contributed by atoms with E-state index in [9.17, 15) is 13.6 Å². The molecule has 31 heavy (non-hydrogen) atoms. The van der Waals surface area contributed by atoms with Gasteiger partial charge in [0.15, 0.2) is 11.5 Å². The van der Waals surface area contributed by atoms with Gasteiger partial charge in [-0.05, 0) is 73.4 Å². The summed E-state index contributed by atoms with van der Waals surface area (Å²) in [5.41, 5.74) is 1.04. The lowest BCUT2D eigenvalue weighted by Gasteiger charge is -2.33. The van der Waals surface area contributed by atoms with Crippen LogP contribution in [-0.2, 0) is 4.79 Å². The quantitative estimate of drug-likeness (QED) is 0.648. The van der Waals surface area contributed by atoms with Crippen molar-refractivity contribution in [2.75, 3.05) is 25.1 Å². The van der Waals surface area contributed by atoms with Crippen molar-refractivity contribution in [1.29, 1.82) is 0 Å². The van der Waals surface area contributed by atoms with E-state index in [1.807, 2.05) is 0 Å². The molecule has 1 aliphatic carbocycles. The molecule has 0 spiro atoms. The molecule has 0 aromatic heterocycles. The van der Waals surface area contributed by atoms with Gasteiger partial charge in [-0.2, -0.15) is 0 Å². The van der Waals surface area contributed by atoms with Crippen molar-refractivity contribution in [3.05, 3.63) is 42.0 Å². The van der Waals surface area contributed by atoms with Gasteiger partial charge in [-0.1, -0.05) is 6.07 Å². The second kappa shape index (κ2) is 9.12. The zero-order chi connectivity index (χ0) is 22.0. The summed E-state index contributed by atoms with van der Waals surface area (Å²) in [4.78, 5) is 12.6. The topological polar surface area (TPSA) is 59.0 Å². The van der Waals surface area contributed by atoms with Crippen molar-refractivity contribution >= 4 is 11.7 Å². The Bertz CT molecular complexity index is 930. The van der Waals surface area contributed by atoms with Crippen molar-refractivity contribution < 1.29 is 28.2 Å². The fourth-order valence-corrected chi connectivity index (χ4v) is 4.26. The van der Waals surface area contributed by atoms with Crippen LogP contribution in [0.2, 0.25) is 0 Å². The summed E-state index contributed by atoms with van der Waals surface area (Å²) in [7, 11) is 1.57. The molecule has 1 N–H and O–H groups in total. The second-order valence-corrected chi connectivity index (χ2v) is 8.35. The monoisotopic (exact) mass is 431 g/mol. The molecule has 1 saturated heterocycles. The van der Waals surface area contributed by atoms with Crippen LogP contribution in [0.3, 0.4) is 0 Å². The van der Waals surface area contributed by atoms with Crippen LogP contribution in [0.4, 0.5) is 14.5 Å². The average molecular weight is 431 g/mol. The highest BCUT2D eigenvalue weighted by atomic mass is 19.1. The van der Waals surface area contributed by atoms with Crippen molar-refractivity contribution in [3.63, 3.8) is 0 Å². The van der Waals surface area contributed by atoms with Gasteiger partial charge in [0.1, 0.15) is 17.3 Å². The first-order valence-electron chi connectivity index (χ1n) is 10.8. The van der Waals surface area contributed by atoms with E-state index in [1.165, 1.54) is 12.1 Å². The van der Waals surface area contributed by atoms with Gasteiger partial charge in [-0.25, -0.2) is 8.78 Å². The van der Waals surface area contributed by atoms with Crippen molar-refractivity contribution in [2.45, 2.75) is 44.6 Å². The summed E-state index contributed by atoms with van der Waals surface area (Å²) in [5, 5.41) is 8.94. The van der Waals surface area contributed by atoms with E-state index in [0.29, 0.717) is 48.6 Å². The maximum Gasteiger partial charge on any atom is 0.303 e. The van der Waals surface area contributed by atoms with E-state index in [4.69, 9.17) is 14.6 Å². The SMILES string of the molecule is COc1ccc(-c2cc(F)c(N3CCC(CC(=O)O)CC3)c(F)c2)cc1OC1CCC1. The lowest BCUT2D eigenvalue weighted by atomic mass is 9.93. The molecule has 0 radical (unpaired) electrons. The molecule has 5 nitrogen and oxygen atoms in total. The zero-order valence-electron chi connectivity index (χ0n) is 17.6. The molecular formula is C24H27F2NO4. The fraction of sp³-hybridized carbons (Fsp3) is 0.458. The number of benzene rings is 2. The third-order valence-corrected chi connectivity index (χ3v) is 6.25. The number of anilines is 1. The van der Waals surface area contributed by atoms with Crippen molar-refractivity contribution in [3.8, 4) is 22.6 Å². The number of aliphatic carboxylic acids is 1. The average Bonchev–Trinajstić information content (AvgIpc) is 2.71. The minimum Gasteiger partial charge on any atom is -0.493 e. The molecule has 2 aromatic carbocycles. The van der Waals surface area contributed by atoms with Crippen molar-refractivity contribution in [1.82, 2.24) is 0 Å². The van der Waals surface area contributed by atoms with Gasteiger partial charge in [-0.15, -0.1) is 0 Å². The van der Waals surface area contributed by atoms with Gasteiger partial charge in [0.25, 0.3) is 0 Å². The molecule has 0 unspecified atom stereocenters. The first-order valence-corrected chi connectivity index (χ1v) is 10.8. The smallest absolute Gasteiger partial charge is 0.303 e. The van der Waals surface area contributed by atoms with Gasteiger partial charge in [-0.3, -0.25) is 4.79 Å². The molecule has 166 valence electrons. The Hall–Kier alpha value is -2.83. The summed E-state index contributed by atoms with van der Waals surface area (Å²) in [6, 6.07) is 7.97. The molecule has 1 saturated carbocycles. The van der Waals surface area contributed by atoms with E-state index in [2.05, 4.69) is 0 Å². The molecular weight excluding hydrogens is 404 g/mol. The predicted molar refractivity (Wildman–Crippen MR) is 114 cm³/mol. The molecule has 0 amide bonds. The maximum absolute atomic E-state index is 15.0. The molecule has 0 atom stereocenters. The number of hydrogen-bond acceptors (Lipinski definition) is 4. The van der Waals surface area contributed by atoms with Gasteiger partial charge in [0, 0.05) is 19.5 Å². The number of rotatable bonds is 7. The molecule has 2 aliphatic rings. The van der Waals surface area contributed by atoms with Crippen LogP contribution in [0.15, 0.2) is 30.3 Å². The summed E-state index contributed by atoms with van der Waals surface area (Å²) < 4.78 is 41.3. The number of carbonyl (C=O) groups is 1. The van der Waals surface area contributed by atoms with Crippen LogP contribution in [0.25, 0.3) is 11.1 Å². The van der Waals surface area contributed by atoms with Gasteiger partial charge in [0.05, 0.1) is 13.2 Å². The highest BCUT2D eigenvalue weighted by Gasteiger charge is 2.26. The van der Waals surface area contributed by atoms with Crippen molar-refractivity contribution in [2.24, 2.45) is 5.92 Å². The number of carboxylic acid groups (broad SMARTS) is 1. The van der Waals surface area contributed by atoms with E-state index in [0.717, 1.165) is 19.3 Å². The second-order valence-electron chi connectivity index (χ2n) is 8.35. The molecule has 7 heteroatoms. The Labute approximate surface area is 180 Å². The number of piperidine rings is 1. The first-order chi connectivity index (χ1) is 14.9. The molecule has 0 bridgehead atoms. The number of carboxylic acids is 1. The van der Waals surface area contributed by atoms with E-state index < -0.39 is 17.6 Å². The lowest BCUT2D eigenvalue weighted by Crippen LogP contribution is -2.35. The zero-order valence-corrected chi connectivity index (χ0v) is 17.6. The largest absolute Gasteiger partial charge is 0.493 e. The molecule has 1 heterocycles. The number of methoxy groups -OCH3 is 1. The minimum atomic E-state index is -0.833. The fourth-order valence-electron chi connectivity index (χ4n) is 4.26. The normalized spacial score (nSPS) is 17.3. The summed E-state index contributed by atoms with van der Waals surface area (Å²) in [5.74, 6) is -0.853. The Morgan fingerprint density at radius 3 is 2.26 bits per heavy atom. The first kappa shape index (κ1) is 21.4. The molecule has 4 rings (SSSR count). The molecule has 2 fully saturated rings. The van der Waals surface area contributed by atoms with Crippen LogP contribution in [0.5, 0.6) is 11.5 Å². The number of ether oxygens (including phenoxy) is 2. The number of halogens is 2. The summed E-state index contributed by atoms with van der Waals surface area (Å²) in [6.45, 7) is 0.875. The van der Waals surface area contributed by atoms with Crippen LogP contribution < -0.4 is 14.4 Å². The third kappa shape index (κ3) is 4.75. The molecule has 1 aliphatic heterocycles. The maximum atomic E-state index is 15.0. The minimum absolute atomic E-state index is 0.0445. The Balaban J connectivity index is 1.55. The van der Waals surface area contributed by atoms with Crippen LogP contribution in [0.1, 0.15) is 38.5 Å². The Morgan fingerprint density at radius 2 is 1.71 bits per heavy atom. The third-order valence-electron chi connectivity index (χ3n) is 6.25. The summed E-state index contributed by atoms with van der Waals surface area (Å²) in [6.07, 6.45) is 4.59.